The second-order valence-corrected chi connectivity index (χ2v) is 6.97. The third kappa shape index (κ3) is 21.9. The average Bonchev–Trinajstić information content (AvgIpc) is 2.81. The molecule has 2 N–H and O–H groups in total. The second-order valence-electron chi connectivity index (χ2n) is 5.92. The van der Waals surface area contributed by atoms with Crippen LogP contribution in [0.25, 0.3) is 0 Å². The van der Waals surface area contributed by atoms with Crippen LogP contribution in [0.15, 0.2) is 63.7 Å². The minimum atomic E-state index is 0.872. The zero-order valence-electron chi connectivity index (χ0n) is 21.1. The van der Waals surface area contributed by atoms with Gasteiger partial charge < -0.3 is 20.2 Å². The summed E-state index contributed by atoms with van der Waals surface area (Å²) in [5.74, 6) is 0.872. The molecule has 0 bridgehead atoms. The first-order chi connectivity index (χ1) is 15.4. The molecule has 32 heavy (non-hydrogen) atoms. The molecule has 0 amide bonds. The number of carbonyl (C=O) groups is 1. The Morgan fingerprint density at radius 3 is 2.34 bits per heavy atom. The number of nitrogens with one attached hydrogen (secondary N) is 2. The van der Waals surface area contributed by atoms with Crippen molar-refractivity contribution >= 4 is 36.8 Å². The van der Waals surface area contributed by atoms with E-state index in [2.05, 4.69) is 53.4 Å². The molecule has 0 atom stereocenters. The van der Waals surface area contributed by atoms with E-state index in [0.717, 1.165) is 35.7 Å². The Labute approximate surface area is 200 Å². The van der Waals surface area contributed by atoms with E-state index in [1.807, 2.05) is 63.6 Å². The van der Waals surface area contributed by atoms with Crippen LogP contribution >= 0.6 is 11.8 Å². The number of aliphatic imine (C=N–C) groups is 2. The van der Waals surface area contributed by atoms with E-state index < -0.39 is 0 Å². The normalized spacial score (nSPS) is 10.4. The second kappa shape index (κ2) is 26.2. The quantitative estimate of drug-likeness (QED) is 0.257. The Bertz CT molecular complexity index is 714. The predicted octanol–water partition coefficient (Wildman–Crippen LogP) is 6.27. The van der Waals surface area contributed by atoms with Gasteiger partial charge in [-0.25, -0.2) is 0 Å². The number of anilines is 1. The fourth-order valence-electron chi connectivity index (χ4n) is 1.94. The molecule has 0 fully saturated rings. The van der Waals surface area contributed by atoms with Gasteiger partial charge in [-0.05, 0) is 75.1 Å². The Morgan fingerprint density at radius 1 is 1.28 bits per heavy atom. The molecule has 0 saturated carbocycles. The van der Waals surface area contributed by atoms with Crippen molar-refractivity contribution in [2.75, 3.05) is 32.3 Å². The first kappa shape index (κ1) is 33.8. The number of benzene rings is 1. The van der Waals surface area contributed by atoms with E-state index >= 15 is 0 Å². The number of hydrogen-bond acceptors (Lipinski definition) is 6. The lowest BCUT2D eigenvalue weighted by atomic mass is 10.2. The number of hydrogen-bond donors (Lipinski definition) is 2. The van der Waals surface area contributed by atoms with E-state index in [9.17, 15) is 0 Å². The zero-order chi connectivity index (χ0) is 25.2. The third-order valence-corrected chi connectivity index (χ3v) is 4.32. The minimum absolute atomic E-state index is 0.872. The summed E-state index contributed by atoms with van der Waals surface area (Å²) in [7, 11) is 3.39. The zero-order valence-corrected chi connectivity index (χ0v) is 21.9. The number of likely N-dealkylation sites (N-methyl/N-ethyl adjacent to an activating group) is 1. The largest absolute Gasteiger partial charge is 0.497 e. The molecular formula is C25H42N4O2S. The van der Waals surface area contributed by atoms with Gasteiger partial charge in [0.1, 0.15) is 12.5 Å². The summed E-state index contributed by atoms with van der Waals surface area (Å²) in [6, 6.07) is 5.86. The van der Waals surface area contributed by atoms with Gasteiger partial charge in [0.25, 0.3) is 0 Å². The SMILES string of the molecule is C=C(/C=C\N=CC)NCC.C=O.CC/C=C(/C)SC.CN=CNc1ccc(OC)cc1C. The lowest BCUT2D eigenvalue weighted by Gasteiger charge is -2.06. The molecule has 0 aliphatic heterocycles. The van der Waals surface area contributed by atoms with E-state index in [0.29, 0.717) is 0 Å². The van der Waals surface area contributed by atoms with Crippen LogP contribution in [0.5, 0.6) is 5.75 Å². The van der Waals surface area contributed by atoms with Crippen molar-refractivity contribution in [3.05, 3.63) is 59.3 Å². The molecule has 0 spiro atoms. The molecule has 0 aliphatic rings. The standard InChI is InChI=1S/C10H14N2O.C8H14N2.C6H12S.CH2O/c1-8-6-9(13-3)4-5-10(8)12-7-11-2;1-4-9-7-6-8(3)10-5-2;1-4-5-6(2)7-3;1-2/h4-7H,1-3H3,(H,11,12);4,6-7,10H,3,5H2,1-2H3;5H,4H2,1-3H3;1H2/b;7-6-,9-4?;6-5-;. The average molecular weight is 463 g/mol. The molecule has 0 unspecified atom stereocenters. The van der Waals surface area contributed by atoms with Crippen LogP contribution in [-0.2, 0) is 4.79 Å². The molecule has 0 heterocycles. The highest BCUT2D eigenvalue weighted by molar-refractivity contribution is 8.02. The number of allylic oxidation sites excluding steroid dienone is 3. The number of methoxy groups -OCH3 is 1. The Hall–Kier alpha value is -2.80. The first-order valence-electron chi connectivity index (χ1n) is 10.3. The van der Waals surface area contributed by atoms with Gasteiger partial charge >= 0.3 is 0 Å². The monoisotopic (exact) mass is 462 g/mol. The van der Waals surface area contributed by atoms with Gasteiger partial charge in [0, 0.05) is 37.4 Å². The smallest absolute Gasteiger partial charge is 0.119 e. The fraction of sp³-hybridized carbons (Fsp3) is 0.400. The molecular weight excluding hydrogens is 420 g/mol. The molecule has 0 saturated heterocycles. The van der Waals surface area contributed by atoms with Gasteiger partial charge in [0.15, 0.2) is 0 Å². The number of thioether (sulfide) groups is 1. The van der Waals surface area contributed by atoms with Gasteiger partial charge in [-0.2, -0.15) is 0 Å². The van der Waals surface area contributed by atoms with Crippen LogP contribution in [0.1, 0.15) is 39.7 Å². The number of aryl methyl sites for hydroxylation is 1. The summed E-state index contributed by atoms with van der Waals surface area (Å²) in [4.78, 5) is 17.2. The highest BCUT2D eigenvalue weighted by atomic mass is 32.2. The van der Waals surface area contributed by atoms with E-state index in [1.54, 1.807) is 32.9 Å². The van der Waals surface area contributed by atoms with Gasteiger partial charge in [-0.15, -0.1) is 11.8 Å². The van der Waals surface area contributed by atoms with Crippen molar-refractivity contribution in [2.24, 2.45) is 9.98 Å². The maximum atomic E-state index is 8.00. The number of nitrogens with zero attached hydrogens (tertiary/aromatic N) is 2. The van der Waals surface area contributed by atoms with Crippen molar-refractivity contribution in [3.8, 4) is 5.75 Å². The van der Waals surface area contributed by atoms with Gasteiger partial charge in [0.2, 0.25) is 0 Å². The number of rotatable bonds is 9. The van der Waals surface area contributed by atoms with Gasteiger partial charge in [-0.1, -0.05) is 19.6 Å². The minimum Gasteiger partial charge on any atom is -0.497 e. The van der Waals surface area contributed by atoms with Crippen LogP contribution in [0.3, 0.4) is 0 Å². The van der Waals surface area contributed by atoms with Crippen LogP contribution in [0.4, 0.5) is 5.69 Å². The van der Waals surface area contributed by atoms with Crippen molar-refractivity contribution in [1.29, 1.82) is 0 Å². The molecule has 0 aromatic heterocycles. The van der Waals surface area contributed by atoms with E-state index in [1.165, 1.54) is 4.91 Å². The lowest BCUT2D eigenvalue weighted by Crippen LogP contribution is -2.08. The van der Waals surface area contributed by atoms with E-state index in [4.69, 9.17) is 9.53 Å². The van der Waals surface area contributed by atoms with Crippen molar-refractivity contribution in [2.45, 2.75) is 41.0 Å². The lowest BCUT2D eigenvalue weighted by molar-refractivity contribution is -0.0979. The molecule has 180 valence electrons. The summed E-state index contributed by atoms with van der Waals surface area (Å²) < 4.78 is 5.09. The van der Waals surface area contributed by atoms with Crippen molar-refractivity contribution in [3.63, 3.8) is 0 Å². The summed E-state index contributed by atoms with van der Waals surface area (Å²) in [5.41, 5.74) is 3.08. The summed E-state index contributed by atoms with van der Waals surface area (Å²) >= 11 is 1.81. The Balaban J connectivity index is -0.000000396. The highest BCUT2D eigenvalue weighted by Crippen LogP contribution is 2.20. The topological polar surface area (TPSA) is 75.1 Å². The maximum absolute atomic E-state index is 8.00. The van der Waals surface area contributed by atoms with Gasteiger partial charge in [-0.3, -0.25) is 9.98 Å². The molecule has 7 heteroatoms. The van der Waals surface area contributed by atoms with Crippen LogP contribution < -0.4 is 15.4 Å². The molecule has 1 rings (SSSR count). The summed E-state index contributed by atoms with van der Waals surface area (Å²) in [6.45, 7) is 16.9. The van der Waals surface area contributed by atoms with Crippen LogP contribution in [0, 0.1) is 6.92 Å². The summed E-state index contributed by atoms with van der Waals surface area (Å²) in [6.07, 6.45) is 12.4. The summed E-state index contributed by atoms with van der Waals surface area (Å²) in [5, 5.41) is 6.12. The fourth-order valence-corrected chi connectivity index (χ4v) is 2.27. The third-order valence-electron chi connectivity index (χ3n) is 3.51. The molecule has 0 aliphatic carbocycles. The van der Waals surface area contributed by atoms with Crippen molar-refractivity contribution in [1.82, 2.24) is 5.32 Å². The highest BCUT2D eigenvalue weighted by Gasteiger charge is 1.97. The Kier molecular flexibility index (Phi) is 27.7. The van der Waals surface area contributed by atoms with Crippen molar-refractivity contribution < 1.29 is 9.53 Å². The predicted molar refractivity (Wildman–Crippen MR) is 147 cm³/mol. The maximum Gasteiger partial charge on any atom is 0.119 e. The van der Waals surface area contributed by atoms with E-state index in [-0.39, 0.29) is 0 Å². The number of ether oxygens (including phenoxy) is 1. The van der Waals surface area contributed by atoms with Crippen LogP contribution in [0.2, 0.25) is 0 Å². The van der Waals surface area contributed by atoms with Gasteiger partial charge in [0.05, 0.1) is 13.4 Å². The molecule has 6 nitrogen and oxygen atoms in total. The first-order valence-corrected chi connectivity index (χ1v) is 11.5. The molecule has 1 aromatic rings. The molecule has 1 aromatic carbocycles. The Morgan fingerprint density at radius 2 is 1.94 bits per heavy atom. The molecule has 0 radical (unpaired) electrons. The number of carbonyl (C=O) groups excluding carboxylic acids is 1. The van der Waals surface area contributed by atoms with Crippen LogP contribution in [-0.4, -0.2) is 46.3 Å².